The van der Waals surface area contributed by atoms with Crippen molar-refractivity contribution in [2.75, 3.05) is 19.6 Å². The molecule has 1 aliphatic heterocycles. The first-order valence-corrected chi connectivity index (χ1v) is 4.93. The number of hydrogen-bond acceptors (Lipinski definition) is 2. The lowest BCUT2D eigenvalue weighted by atomic mass is 10.1. The molecule has 78 valence electrons. The smallest absolute Gasteiger partial charge is 0.0447 e. The summed E-state index contributed by atoms with van der Waals surface area (Å²) in [6.45, 7) is 3.10. The maximum atomic E-state index is 5.81. The Morgan fingerprint density at radius 2 is 1.86 bits per heavy atom. The van der Waals surface area contributed by atoms with E-state index in [0.29, 0.717) is 6.04 Å². The molecule has 1 aromatic carbocycles. The van der Waals surface area contributed by atoms with Gasteiger partial charge in [-0.25, -0.2) is 0 Å². The van der Waals surface area contributed by atoms with Crippen LogP contribution in [0.25, 0.3) is 0 Å². The summed E-state index contributed by atoms with van der Waals surface area (Å²) in [5.74, 6) is 0. The average Bonchev–Trinajstić information content (AvgIpc) is 2.20. The fraction of sp³-hybridized carbons (Fsp3) is 0.400. The van der Waals surface area contributed by atoms with Gasteiger partial charge in [-0.15, -0.1) is 12.4 Å². The van der Waals surface area contributed by atoms with Gasteiger partial charge in [0.2, 0.25) is 0 Å². The molecule has 0 aliphatic carbocycles. The zero-order valence-corrected chi connectivity index (χ0v) is 9.37. The molecular weight excluding hydrogens is 219 g/mol. The summed E-state index contributed by atoms with van der Waals surface area (Å²) in [6.07, 6.45) is 0. The van der Waals surface area contributed by atoms with Crippen LogP contribution in [-0.2, 0) is 0 Å². The van der Waals surface area contributed by atoms with E-state index in [-0.39, 0.29) is 12.4 Å². The summed E-state index contributed by atoms with van der Waals surface area (Å²) in [4.78, 5) is 0. The molecule has 1 atom stereocenters. The summed E-state index contributed by atoms with van der Waals surface area (Å²) < 4.78 is 0. The molecule has 0 spiro atoms. The van der Waals surface area contributed by atoms with Crippen molar-refractivity contribution in [3.63, 3.8) is 0 Å². The standard InChI is InChI=1S/C10H13ClN2.ClH/c11-9-3-1-8(2-4-9)10-7-12-5-6-13-10;/h1-4,10,12-13H,5-7H2;1H/t10-;/m0./s1. The van der Waals surface area contributed by atoms with Crippen molar-refractivity contribution in [1.82, 2.24) is 10.6 Å². The molecule has 0 radical (unpaired) electrons. The molecule has 4 heteroatoms. The lowest BCUT2D eigenvalue weighted by Crippen LogP contribution is -2.42. The van der Waals surface area contributed by atoms with E-state index in [1.165, 1.54) is 5.56 Å². The van der Waals surface area contributed by atoms with Crippen LogP contribution in [0.1, 0.15) is 11.6 Å². The third-order valence-corrected chi connectivity index (χ3v) is 2.57. The number of benzene rings is 1. The zero-order valence-electron chi connectivity index (χ0n) is 7.79. The fourth-order valence-corrected chi connectivity index (χ4v) is 1.71. The van der Waals surface area contributed by atoms with Gasteiger partial charge >= 0.3 is 0 Å². The average molecular weight is 233 g/mol. The van der Waals surface area contributed by atoms with Crippen LogP contribution >= 0.6 is 24.0 Å². The lowest BCUT2D eigenvalue weighted by molar-refractivity contribution is 0.430. The number of rotatable bonds is 1. The first-order valence-electron chi connectivity index (χ1n) is 4.56. The predicted molar refractivity (Wildman–Crippen MR) is 62.3 cm³/mol. The Hall–Kier alpha value is -0.280. The van der Waals surface area contributed by atoms with Crippen molar-refractivity contribution >= 4 is 24.0 Å². The molecule has 1 heterocycles. The van der Waals surface area contributed by atoms with Gasteiger partial charge in [-0.3, -0.25) is 0 Å². The molecule has 1 aliphatic rings. The topological polar surface area (TPSA) is 24.1 Å². The Morgan fingerprint density at radius 1 is 1.14 bits per heavy atom. The van der Waals surface area contributed by atoms with E-state index in [1.54, 1.807) is 0 Å². The predicted octanol–water partition coefficient (Wildman–Crippen LogP) is 2.00. The number of halogens is 2. The van der Waals surface area contributed by atoms with Gasteiger partial charge < -0.3 is 10.6 Å². The van der Waals surface area contributed by atoms with Crippen molar-refractivity contribution in [2.24, 2.45) is 0 Å². The highest BCUT2D eigenvalue weighted by molar-refractivity contribution is 6.30. The van der Waals surface area contributed by atoms with Gasteiger partial charge in [0.1, 0.15) is 0 Å². The molecule has 0 amide bonds. The second-order valence-corrected chi connectivity index (χ2v) is 3.70. The molecular formula is C10H14Cl2N2. The Kier molecular flexibility index (Phi) is 4.69. The largest absolute Gasteiger partial charge is 0.314 e. The molecule has 1 saturated heterocycles. The number of nitrogens with one attached hydrogen (secondary N) is 2. The van der Waals surface area contributed by atoms with Gasteiger partial charge in [0.05, 0.1) is 0 Å². The van der Waals surface area contributed by atoms with E-state index in [2.05, 4.69) is 22.8 Å². The van der Waals surface area contributed by atoms with Gasteiger partial charge in [-0.2, -0.15) is 0 Å². The monoisotopic (exact) mass is 232 g/mol. The molecule has 14 heavy (non-hydrogen) atoms. The Morgan fingerprint density at radius 3 is 2.43 bits per heavy atom. The van der Waals surface area contributed by atoms with Gasteiger partial charge in [-0.1, -0.05) is 23.7 Å². The molecule has 2 N–H and O–H groups in total. The molecule has 0 bridgehead atoms. The highest BCUT2D eigenvalue weighted by atomic mass is 35.5. The Labute approximate surface area is 95.4 Å². The van der Waals surface area contributed by atoms with Crippen LogP contribution in [0.15, 0.2) is 24.3 Å². The summed E-state index contributed by atoms with van der Waals surface area (Å²) >= 11 is 5.81. The summed E-state index contributed by atoms with van der Waals surface area (Å²) in [5.41, 5.74) is 1.30. The quantitative estimate of drug-likeness (QED) is 0.775. The molecule has 2 rings (SSSR count). The van der Waals surface area contributed by atoms with Crippen molar-refractivity contribution in [3.05, 3.63) is 34.9 Å². The number of hydrogen-bond donors (Lipinski definition) is 2. The van der Waals surface area contributed by atoms with Crippen molar-refractivity contribution in [1.29, 1.82) is 0 Å². The zero-order chi connectivity index (χ0) is 9.10. The van der Waals surface area contributed by atoms with Gasteiger partial charge in [0.25, 0.3) is 0 Å². The van der Waals surface area contributed by atoms with Crippen LogP contribution in [-0.4, -0.2) is 19.6 Å². The Bertz CT molecular complexity index is 268. The third kappa shape index (κ3) is 2.85. The molecule has 0 saturated carbocycles. The van der Waals surface area contributed by atoms with E-state index in [9.17, 15) is 0 Å². The van der Waals surface area contributed by atoms with Crippen LogP contribution < -0.4 is 10.6 Å². The van der Waals surface area contributed by atoms with Crippen LogP contribution in [0.3, 0.4) is 0 Å². The van der Waals surface area contributed by atoms with Crippen molar-refractivity contribution < 1.29 is 0 Å². The van der Waals surface area contributed by atoms with Gasteiger partial charge in [-0.05, 0) is 17.7 Å². The maximum absolute atomic E-state index is 5.81. The first-order chi connectivity index (χ1) is 6.36. The van der Waals surface area contributed by atoms with E-state index in [1.807, 2.05) is 12.1 Å². The third-order valence-electron chi connectivity index (χ3n) is 2.31. The van der Waals surface area contributed by atoms with E-state index < -0.39 is 0 Å². The van der Waals surface area contributed by atoms with E-state index >= 15 is 0 Å². The molecule has 1 aromatic rings. The summed E-state index contributed by atoms with van der Waals surface area (Å²) in [6, 6.07) is 8.46. The highest BCUT2D eigenvalue weighted by Gasteiger charge is 2.13. The second-order valence-electron chi connectivity index (χ2n) is 3.26. The molecule has 2 nitrogen and oxygen atoms in total. The number of piperazine rings is 1. The summed E-state index contributed by atoms with van der Waals surface area (Å²) in [7, 11) is 0. The SMILES string of the molecule is Cl.Clc1ccc([C@@H]2CNCCN2)cc1. The van der Waals surface area contributed by atoms with Gasteiger partial charge in [0, 0.05) is 30.7 Å². The Balaban J connectivity index is 0.000000980. The first kappa shape index (κ1) is 11.8. The van der Waals surface area contributed by atoms with Gasteiger partial charge in [0.15, 0.2) is 0 Å². The molecule has 0 aromatic heterocycles. The fourth-order valence-electron chi connectivity index (χ4n) is 1.58. The highest BCUT2D eigenvalue weighted by Crippen LogP contribution is 2.16. The minimum absolute atomic E-state index is 0. The summed E-state index contributed by atoms with van der Waals surface area (Å²) in [5, 5.41) is 7.60. The second kappa shape index (κ2) is 5.56. The van der Waals surface area contributed by atoms with Crippen LogP contribution in [0.4, 0.5) is 0 Å². The van der Waals surface area contributed by atoms with Crippen molar-refractivity contribution in [2.45, 2.75) is 6.04 Å². The minimum atomic E-state index is 0. The van der Waals surface area contributed by atoms with E-state index in [4.69, 9.17) is 11.6 Å². The maximum Gasteiger partial charge on any atom is 0.0447 e. The minimum Gasteiger partial charge on any atom is -0.314 e. The van der Waals surface area contributed by atoms with E-state index in [0.717, 1.165) is 24.7 Å². The molecule has 1 fully saturated rings. The van der Waals surface area contributed by atoms with Crippen molar-refractivity contribution in [3.8, 4) is 0 Å². The van der Waals surface area contributed by atoms with Crippen LogP contribution in [0, 0.1) is 0 Å². The normalized spacial score (nSPS) is 21.4. The lowest BCUT2D eigenvalue weighted by Gasteiger charge is -2.24. The van der Waals surface area contributed by atoms with Crippen LogP contribution in [0.5, 0.6) is 0 Å². The van der Waals surface area contributed by atoms with Crippen LogP contribution in [0.2, 0.25) is 5.02 Å². The molecule has 0 unspecified atom stereocenters.